The summed E-state index contributed by atoms with van der Waals surface area (Å²) in [6, 6.07) is 8.40. The molecule has 1 aromatic rings. The van der Waals surface area contributed by atoms with E-state index in [9.17, 15) is 4.79 Å². The second-order valence-electron chi connectivity index (χ2n) is 6.48. The van der Waals surface area contributed by atoms with Gasteiger partial charge in [0.2, 0.25) is 5.91 Å². The van der Waals surface area contributed by atoms with Crippen molar-refractivity contribution in [2.24, 2.45) is 5.73 Å². The number of likely N-dealkylation sites (tertiary alicyclic amines) is 2. The topological polar surface area (TPSA) is 58.8 Å². The standard InChI is InChI=1S/C17H25N3O2S.ClH/c1-19-10-15(7-16(19)17(21)20-8-13(18)9-20)23-11-12-3-5-14(22-2)6-4-12;/h3-6,13,15-16H,7-11,18H2,1-2H3;1H/t15-,16-;/m0./s1. The van der Waals surface area contributed by atoms with E-state index in [4.69, 9.17) is 10.5 Å². The van der Waals surface area contributed by atoms with E-state index < -0.39 is 0 Å². The van der Waals surface area contributed by atoms with E-state index in [0.717, 1.165) is 24.5 Å². The fourth-order valence-electron chi connectivity index (χ4n) is 3.20. The van der Waals surface area contributed by atoms with Gasteiger partial charge in [-0.1, -0.05) is 12.1 Å². The number of nitrogens with two attached hydrogens (primary N) is 1. The van der Waals surface area contributed by atoms with Crippen molar-refractivity contribution < 1.29 is 9.53 Å². The van der Waals surface area contributed by atoms with Crippen LogP contribution in [-0.2, 0) is 10.5 Å². The van der Waals surface area contributed by atoms with Crippen LogP contribution in [0.4, 0.5) is 0 Å². The summed E-state index contributed by atoms with van der Waals surface area (Å²) in [6.45, 7) is 2.40. The molecule has 0 spiro atoms. The van der Waals surface area contributed by atoms with Gasteiger partial charge in [-0.2, -0.15) is 11.8 Å². The Hall–Kier alpha value is -0.950. The Bertz CT molecular complexity index is 551. The molecule has 2 aliphatic rings. The van der Waals surface area contributed by atoms with E-state index in [1.54, 1.807) is 7.11 Å². The minimum absolute atomic E-state index is 0. The van der Waals surface area contributed by atoms with Crippen LogP contribution >= 0.6 is 24.2 Å². The van der Waals surface area contributed by atoms with Crippen LogP contribution in [0.5, 0.6) is 5.75 Å². The Morgan fingerprint density at radius 1 is 1.29 bits per heavy atom. The average molecular weight is 372 g/mol. The number of nitrogens with zero attached hydrogens (tertiary/aromatic N) is 2. The van der Waals surface area contributed by atoms with E-state index in [1.165, 1.54) is 5.56 Å². The predicted molar refractivity (Wildman–Crippen MR) is 101 cm³/mol. The third-order valence-electron chi connectivity index (χ3n) is 4.66. The molecule has 3 rings (SSSR count). The summed E-state index contributed by atoms with van der Waals surface area (Å²) >= 11 is 1.94. The SMILES string of the molecule is COc1ccc(CS[C@H]2C[C@@H](C(=O)N3CC(N)C3)N(C)C2)cc1.Cl. The van der Waals surface area contributed by atoms with Gasteiger partial charge < -0.3 is 15.4 Å². The fraction of sp³-hybridized carbons (Fsp3) is 0.588. The molecule has 0 bridgehead atoms. The summed E-state index contributed by atoms with van der Waals surface area (Å²) in [6.07, 6.45) is 0.932. The van der Waals surface area contributed by atoms with Gasteiger partial charge in [-0.05, 0) is 31.2 Å². The van der Waals surface area contributed by atoms with Crippen LogP contribution in [0, 0.1) is 0 Å². The van der Waals surface area contributed by atoms with Crippen LogP contribution in [0.1, 0.15) is 12.0 Å². The van der Waals surface area contributed by atoms with Crippen LogP contribution in [0.3, 0.4) is 0 Å². The van der Waals surface area contributed by atoms with Crippen molar-refractivity contribution in [1.29, 1.82) is 0 Å². The van der Waals surface area contributed by atoms with E-state index in [1.807, 2.05) is 28.8 Å². The summed E-state index contributed by atoms with van der Waals surface area (Å²) in [5.41, 5.74) is 7.07. The van der Waals surface area contributed by atoms with Gasteiger partial charge in [-0.25, -0.2) is 0 Å². The molecule has 134 valence electrons. The van der Waals surface area contributed by atoms with Crippen LogP contribution < -0.4 is 10.5 Å². The molecule has 1 amide bonds. The molecule has 24 heavy (non-hydrogen) atoms. The van der Waals surface area contributed by atoms with Crippen LogP contribution in [0.2, 0.25) is 0 Å². The van der Waals surface area contributed by atoms with Crippen molar-refractivity contribution in [1.82, 2.24) is 9.80 Å². The maximum atomic E-state index is 12.5. The Kier molecular flexibility index (Phi) is 6.80. The fourth-order valence-corrected chi connectivity index (χ4v) is 4.48. The highest BCUT2D eigenvalue weighted by Crippen LogP contribution is 2.30. The van der Waals surface area contributed by atoms with Crippen molar-refractivity contribution in [3.8, 4) is 5.75 Å². The summed E-state index contributed by atoms with van der Waals surface area (Å²) in [5, 5.41) is 0.506. The molecular formula is C17H26ClN3O2S. The number of benzene rings is 1. The Labute approximate surface area is 154 Å². The lowest BCUT2D eigenvalue weighted by atomic mass is 10.1. The number of halogens is 1. The van der Waals surface area contributed by atoms with Crippen LogP contribution in [-0.4, -0.2) is 66.8 Å². The Balaban J connectivity index is 0.00000208. The number of methoxy groups -OCH3 is 1. The average Bonchev–Trinajstić information content (AvgIpc) is 2.90. The monoisotopic (exact) mass is 371 g/mol. The molecule has 2 fully saturated rings. The lowest BCUT2D eigenvalue weighted by Gasteiger charge is -2.39. The maximum Gasteiger partial charge on any atom is 0.240 e. The second kappa shape index (κ2) is 8.43. The molecule has 2 aliphatic heterocycles. The lowest BCUT2D eigenvalue weighted by Crippen LogP contribution is -2.61. The summed E-state index contributed by atoms with van der Waals surface area (Å²) in [5.74, 6) is 2.11. The molecule has 5 nitrogen and oxygen atoms in total. The largest absolute Gasteiger partial charge is 0.497 e. The van der Waals surface area contributed by atoms with Crippen molar-refractivity contribution >= 4 is 30.1 Å². The van der Waals surface area contributed by atoms with Crippen LogP contribution in [0.15, 0.2) is 24.3 Å². The van der Waals surface area contributed by atoms with Gasteiger partial charge in [-0.15, -0.1) is 12.4 Å². The number of carbonyl (C=O) groups is 1. The first-order chi connectivity index (χ1) is 11.1. The lowest BCUT2D eigenvalue weighted by molar-refractivity contribution is -0.139. The third-order valence-corrected chi connectivity index (χ3v) is 5.97. The Morgan fingerprint density at radius 3 is 2.54 bits per heavy atom. The first-order valence-electron chi connectivity index (χ1n) is 8.06. The molecule has 0 unspecified atom stereocenters. The number of amides is 1. The number of thioether (sulfide) groups is 1. The zero-order valence-electron chi connectivity index (χ0n) is 14.2. The number of hydrogen-bond donors (Lipinski definition) is 1. The molecular weight excluding hydrogens is 346 g/mol. The first kappa shape index (κ1) is 19.4. The number of likely N-dealkylation sites (N-methyl/N-ethyl adjacent to an activating group) is 1. The van der Waals surface area contributed by atoms with Gasteiger partial charge in [0, 0.05) is 36.7 Å². The van der Waals surface area contributed by atoms with E-state index in [2.05, 4.69) is 24.1 Å². The third kappa shape index (κ3) is 4.36. The molecule has 2 heterocycles. The molecule has 0 aromatic heterocycles. The molecule has 0 aliphatic carbocycles. The minimum atomic E-state index is 0. The summed E-state index contributed by atoms with van der Waals surface area (Å²) < 4.78 is 5.18. The predicted octanol–water partition coefficient (Wildman–Crippen LogP) is 1.59. The number of carbonyl (C=O) groups excluding carboxylic acids is 1. The smallest absolute Gasteiger partial charge is 0.240 e. The molecule has 2 N–H and O–H groups in total. The van der Waals surface area contributed by atoms with Gasteiger partial charge >= 0.3 is 0 Å². The minimum Gasteiger partial charge on any atom is -0.497 e. The van der Waals surface area contributed by atoms with Crippen molar-refractivity contribution in [2.75, 3.05) is 33.8 Å². The van der Waals surface area contributed by atoms with Crippen molar-refractivity contribution in [3.63, 3.8) is 0 Å². The molecule has 2 saturated heterocycles. The maximum absolute atomic E-state index is 12.5. The van der Waals surface area contributed by atoms with Gasteiger partial charge in [0.25, 0.3) is 0 Å². The first-order valence-corrected chi connectivity index (χ1v) is 9.11. The molecule has 1 aromatic carbocycles. The molecule has 7 heteroatoms. The van der Waals surface area contributed by atoms with Gasteiger partial charge in [0.05, 0.1) is 13.2 Å². The molecule has 0 saturated carbocycles. The Morgan fingerprint density at radius 2 is 1.96 bits per heavy atom. The highest BCUT2D eigenvalue weighted by atomic mass is 35.5. The number of ether oxygens (including phenoxy) is 1. The zero-order chi connectivity index (χ0) is 16.4. The number of hydrogen-bond acceptors (Lipinski definition) is 5. The quantitative estimate of drug-likeness (QED) is 0.851. The summed E-state index contributed by atoms with van der Waals surface area (Å²) in [4.78, 5) is 16.6. The van der Waals surface area contributed by atoms with Gasteiger partial charge in [0.15, 0.2) is 0 Å². The highest BCUT2D eigenvalue weighted by Gasteiger charge is 2.39. The normalized spacial score (nSPS) is 24.4. The highest BCUT2D eigenvalue weighted by molar-refractivity contribution is 7.99. The van der Waals surface area contributed by atoms with Gasteiger partial charge in [-0.3, -0.25) is 9.69 Å². The number of rotatable bonds is 5. The van der Waals surface area contributed by atoms with E-state index in [-0.39, 0.29) is 30.4 Å². The van der Waals surface area contributed by atoms with Crippen molar-refractivity contribution in [3.05, 3.63) is 29.8 Å². The molecule has 2 atom stereocenters. The van der Waals surface area contributed by atoms with E-state index in [0.29, 0.717) is 18.3 Å². The summed E-state index contributed by atoms with van der Waals surface area (Å²) in [7, 11) is 3.73. The van der Waals surface area contributed by atoms with Crippen molar-refractivity contribution in [2.45, 2.75) is 29.5 Å². The van der Waals surface area contributed by atoms with Crippen LogP contribution in [0.25, 0.3) is 0 Å². The second-order valence-corrected chi connectivity index (χ2v) is 7.76. The molecule has 0 radical (unpaired) electrons. The zero-order valence-corrected chi connectivity index (χ0v) is 15.8. The van der Waals surface area contributed by atoms with E-state index >= 15 is 0 Å². The van der Waals surface area contributed by atoms with Gasteiger partial charge in [0.1, 0.15) is 5.75 Å².